The minimum absolute atomic E-state index is 0.128. The Morgan fingerprint density at radius 1 is 0.656 bits per heavy atom. The maximum Gasteiger partial charge on any atom is 0.251 e. The second-order valence-corrected chi connectivity index (χ2v) is 7.54. The molecule has 4 aromatic rings. The van der Waals surface area contributed by atoms with E-state index in [-0.39, 0.29) is 22.1 Å². The molecule has 0 aliphatic carbocycles. The quantitative estimate of drug-likeness (QED) is 0.434. The standard InChI is InChI=1S/C11H10ClN3O.C10H7Cl2N3O/c1-6-10(12)15-9-5-7(11(16)13-2)3-4-8(9)14-6;1-13-10(16)5-2-3-6-7(4-5)15-9(12)8(11)14-6/h3-5H,1-2H3,(H,13,16);2-4H,1H3,(H,13,16). The molecular formula is C21H17Cl3N6O2. The number of aromatic nitrogens is 4. The summed E-state index contributed by atoms with van der Waals surface area (Å²) >= 11 is 17.4. The van der Waals surface area contributed by atoms with Gasteiger partial charge in [-0.2, -0.15) is 0 Å². The van der Waals surface area contributed by atoms with Crippen LogP contribution in [0.3, 0.4) is 0 Å². The molecule has 8 nitrogen and oxygen atoms in total. The second-order valence-electron chi connectivity index (χ2n) is 6.47. The lowest BCUT2D eigenvalue weighted by molar-refractivity contribution is 0.0955. The van der Waals surface area contributed by atoms with Gasteiger partial charge in [0, 0.05) is 25.2 Å². The van der Waals surface area contributed by atoms with E-state index >= 15 is 0 Å². The molecule has 0 bridgehead atoms. The van der Waals surface area contributed by atoms with E-state index < -0.39 is 0 Å². The third-order valence-corrected chi connectivity index (χ3v) is 5.32. The molecule has 32 heavy (non-hydrogen) atoms. The predicted molar refractivity (Wildman–Crippen MR) is 126 cm³/mol. The lowest BCUT2D eigenvalue weighted by atomic mass is 10.2. The lowest BCUT2D eigenvalue weighted by Gasteiger charge is -2.03. The van der Waals surface area contributed by atoms with Crippen molar-refractivity contribution in [1.29, 1.82) is 0 Å². The average Bonchev–Trinajstić information content (AvgIpc) is 2.79. The van der Waals surface area contributed by atoms with Gasteiger partial charge < -0.3 is 10.6 Å². The van der Waals surface area contributed by atoms with Crippen LogP contribution in [0.2, 0.25) is 15.5 Å². The van der Waals surface area contributed by atoms with Gasteiger partial charge in [-0.3, -0.25) is 9.59 Å². The van der Waals surface area contributed by atoms with Crippen molar-refractivity contribution in [2.24, 2.45) is 0 Å². The lowest BCUT2D eigenvalue weighted by Crippen LogP contribution is -2.17. The number of carbonyl (C=O) groups is 2. The van der Waals surface area contributed by atoms with E-state index in [4.69, 9.17) is 34.8 Å². The van der Waals surface area contributed by atoms with Gasteiger partial charge in [0.15, 0.2) is 15.5 Å². The van der Waals surface area contributed by atoms with Gasteiger partial charge in [0.2, 0.25) is 0 Å². The van der Waals surface area contributed by atoms with E-state index in [0.29, 0.717) is 38.5 Å². The second kappa shape index (κ2) is 10.0. The fraction of sp³-hybridized carbons (Fsp3) is 0.143. The van der Waals surface area contributed by atoms with Crippen molar-refractivity contribution >= 4 is 68.7 Å². The maximum atomic E-state index is 11.4. The van der Waals surface area contributed by atoms with Crippen LogP contribution in [0, 0.1) is 6.92 Å². The summed E-state index contributed by atoms with van der Waals surface area (Å²) in [7, 11) is 3.15. The smallest absolute Gasteiger partial charge is 0.251 e. The Hall–Kier alpha value is -3.07. The summed E-state index contributed by atoms with van der Waals surface area (Å²) in [4.78, 5) is 39.3. The number of hydrogen-bond donors (Lipinski definition) is 2. The highest BCUT2D eigenvalue weighted by atomic mass is 35.5. The monoisotopic (exact) mass is 490 g/mol. The Morgan fingerprint density at radius 2 is 1.06 bits per heavy atom. The maximum absolute atomic E-state index is 11.4. The fourth-order valence-electron chi connectivity index (χ4n) is 2.70. The minimum atomic E-state index is -0.185. The van der Waals surface area contributed by atoms with Gasteiger partial charge in [-0.1, -0.05) is 34.8 Å². The highest BCUT2D eigenvalue weighted by Crippen LogP contribution is 2.21. The largest absolute Gasteiger partial charge is 0.355 e. The van der Waals surface area contributed by atoms with Gasteiger partial charge in [-0.25, -0.2) is 19.9 Å². The summed E-state index contributed by atoms with van der Waals surface area (Å²) in [5, 5.41) is 5.72. The molecule has 2 aromatic carbocycles. The van der Waals surface area contributed by atoms with E-state index in [2.05, 4.69) is 30.6 Å². The number of nitrogens with one attached hydrogen (secondary N) is 2. The summed E-state index contributed by atoms with van der Waals surface area (Å²) < 4.78 is 0. The van der Waals surface area contributed by atoms with E-state index in [1.54, 1.807) is 57.4 Å². The average molecular weight is 492 g/mol. The molecule has 0 aliphatic heterocycles. The highest BCUT2D eigenvalue weighted by molar-refractivity contribution is 6.40. The summed E-state index contributed by atoms with van der Waals surface area (Å²) in [5.74, 6) is -0.338. The Kier molecular flexibility index (Phi) is 7.40. The SMILES string of the molecule is CNC(=O)c1ccc2nc(C)c(Cl)nc2c1.CNC(=O)c1ccc2nc(Cl)c(Cl)nc2c1. The highest BCUT2D eigenvalue weighted by Gasteiger charge is 2.09. The number of carbonyl (C=O) groups excluding carboxylic acids is 2. The molecule has 4 rings (SSSR count). The van der Waals surface area contributed by atoms with Crippen LogP contribution in [-0.2, 0) is 0 Å². The van der Waals surface area contributed by atoms with Crippen molar-refractivity contribution in [2.75, 3.05) is 14.1 Å². The van der Waals surface area contributed by atoms with Gasteiger partial charge in [0.05, 0.1) is 27.8 Å². The molecule has 2 N–H and O–H groups in total. The van der Waals surface area contributed by atoms with Crippen LogP contribution in [0.4, 0.5) is 0 Å². The molecule has 2 amide bonds. The molecule has 2 heterocycles. The Morgan fingerprint density at radius 3 is 1.53 bits per heavy atom. The molecule has 0 atom stereocenters. The number of fused-ring (bicyclic) bond motifs is 2. The van der Waals surface area contributed by atoms with Gasteiger partial charge in [-0.15, -0.1) is 0 Å². The van der Waals surface area contributed by atoms with E-state index in [0.717, 1.165) is 5.52 Å². The number of benzene rings is 2. The van der Waals surface area contributed by atoms with Crippen molar-refractivity contribution in [1.82, 2.24) is 30.6 Å². The molecule has 0 fully saturated rings. The van der Waals surface area contributed by atoms with E-state index in [9.17, 15) is 9.59 Å². The molecule has 0 unspecified atom stereocenters. The molecular weight excluding hydrogens is 475 g/mol. The molecule has 0 radical (unpaired) electrons. The first-order valence-electron chi connectivity index (χ1n) is 9.24. The van der Waals surface area contributed by atoms with Crippen LogP contribution in [0.25, 0.3) is 22.1 Å². The number of nitrogens with zero attached hydrogens (tertiary/aromatic N) is 4. The van der Waals surface area contributed by atoms with Crippen LogP contribution in [0.15, 0.2) is 36.4 Å². The van der Waals surface area contributed by atoms with Crippen molar-refractivity contribution in [3.63, 3.8) is 0 Å². The zero-order valence-electron chi connectivity index (χ0n) is 17.2. The molecule has 0 aliphatic rings. The summed E-state index contributed by atoms with van der Waals surface area (Å²) in [5.41, 5.74) is 4.22. The molecule has 0 saturated heterocycles. The van der Waals surface area contributed by atoms with Crippen LogP contribution < -0.4 is 10.6 Å². The van der Waals surface area contributed by atoms with Gasteiger partial charge >= 0.3 is 0 Å². The molecule has 0 spiro atoms. The Balaban J connectivity index is 0.000000181. The van der Waals surface area contributed by atoms with Crippen LogP contribution >= 0.6 is 34.8 Å². The molecule has 11 heteroatoms. The molecule has 2 aromatic heterocycles. The first-order valence-corrected chi connectivity index (χ1v) is 10.4. The number of rotatable bonds is 2. The van der Waals surface area contributed by atoms with E-state index in [1.807, 2.05) is 0 Å². The van der Waals surface area contributed by atoms with Crippen molar-refractivity contribution in [2.45, 2.75) is 6.92 Å². The van der Waals surface area contributed by atoms with Gasteiger partial charge in [-0.05, 0) is 43.3 Å². The number of halogens is 3. The molecule has 164 valence electrons. The van der Waals surface area contributed by atoms with E-state index in [1.165, 1.54) is 0 Å². The number of hydrogen-bond acceptors (Lipinski definition) is 6. The fourth-order valence-corrected chi connectivity index (χ4v) is 3.10. The third-order valence-electron chi connectivity index (χ3n) is 4.34. The van der Waals surface area contributed by atoms with Crippen LogP contribution in [0.5, 0.6) is 0 Å². The number of aryl methyl sites for hydroxylation is 1. The first-order chi connectivity index (χ1) is 15.2. The Labute approximate surface area is 198 Å². The summed E-state index contributed by atoms with van der Waals surface area (Å²) in [6.07, 6.45) is 0. The number of amides is 2. The van der Waals surface area contributed by atoms with Crippen LogP contribution in [0.1, 0.15) is 26.4 Å². The summed E-state index contributed by atoms with van der Waals surface area (Å²) in [6, 6.07) is 10.1. The van der Waals surface area contributed by atoms with Crippen molar-refractivity contribution in [3.8, 4) is 0 Å². The Bertz CT molecular complexity index is 1240. The topological polar surface area (TPSA) is 110 Å². The minimum Gasteiger partial charge on any atom is -0.355 e. The molecule has 0 saturated carbocycles. The summed E-state index contributed by atoms with van der Waals surface area (Å²) in [6.45, 7) is 1.79. The van der Waals surface area contributed by atoms with Crippen molar-refractivity contribution < 1.29 is 9.59 Å². The van der Waals surface area contributed by atoms with Crippen LogP contribution in [-0.4, -0.2) is 45.8 Å². The van der Waals surface area contributed by atoms with Gasteiger partial charge in [0.1, 0.15) is 0 Å². The normalized spacial score (nSPS) is 10.4. The zero-order chi connectivity index (χ0) is 23.4. The zero-order valence-corrected chi connectivity index (χ0v) is 19.5. The van der Waals surface area contributed by atoms with Gasteiger partial charge in [0.25, 0.3) is 11.8 Å². The van der Waals surface area contributed by atoms with Crippen molar-refractivity contribution in [3.05, 3.63) is 68.7 Å². The third kappa shape index (κ3) is 5.21. The predicted octanol–water partition coefficient (Wildman–Crippen LogP) is 4.25. The first kappa shape index (κ1) is 23.6.